The fourth-order valence-corrected chi connectivity index (χ4v) is 4.25. The van der Waals surface area contributed by atoms with E-state index in [2.05, 4.69) is 20.8 Å². The van der Waals surface area contributed by atoms with Gasteiger partial charge in [-0.3, -0.25) is 24.6 Å². The Labute approximate surface area is 176 Å². The molecule has 3 rings (SSSR count). The number of nitrogens with zero attached hydrogens (tertiary/aromatic N) is 2. The summed E-state index contributed by atoms with van der Waals surface area (Å²) in [7, 11) is 0. The molecule has 1 aliphatic carbocycles. The van der Waals surface area contributed by atoms with Gasteiger partial charge in [0.1, 0.15) is 18.4 Å². The molecule has 1 amide bonds. The lowest BCUT2D eigenvalue weighted by molar-refractivity contribution is -0.384. The van der Waals surface area contributed by atoms with E-state index < -0.39 is 17.0 Å². The summed E-state index contributed by atoms with van der Waals surface area (Å²) >= 11 is 0. The molecule has 1 atom stereocenters. The summed E-state index contributed by atoms with van der Waals surface area (Å²) in [5, 5.41) is 11.1. The van der Waals surface area contributed by atoms with Crippen molar-refractivity contribution in [1.82, 2.24) is 0 Å². The molecule has 0 radical (unpaired) electrons. The van der Waals surface area contributed by atoms with Gasteiger partial charge >= 0.3 is 5.97 Å². The summed E-state index contributed by atoms with van der Waals surface area (Å²) in [4.78, 5) is 37.3. The van der Waals surface area contributed by atoms with Gasteiger partial charge in [-0.1, -0.05) is 27.7 Å². The number of nitro benzene ring substituents is 1. The first-order valence-electron chi connectivity index (χ1n) is 10.6. The maximum Gasteiger partial charge on any atom is 0.326 e. The number of nitro groups is 1. The summed E-state index contributed by atoms with van der Waals surface area (Å²) in [5.41, 5.74) is 0.300. The Morgan fingerprint density at radius 3 is 2.50 bits per heavy atom. The Balaban J connectivity index is 1.70. The number of rotatable bonds is 5. The average molecular weight is 418 g/mol. The summed E-state index contributed by atoms with van der Waals surface area (Å²) < 4.78 is 11.3. The first-order chi connectivity index (χ1) is 14.1. The van der Waals surface area contributed by atoms with E-state index in [0.29, 0.717) is 18.1 Å². The molecule has 2 aliphatic rings. The minimum atomic E-state index is -0.728. The minimum absolute atomic E-state index is 0.154. The molecular formula is C22H30N2O6. The van der Waals surface area contributed by atoms with Crippen LogP contribution in [0.25, 0.3) is 0 Å². The summed E-state index contributed by atoms with van der Waals surface area (Å²) in [6, 6.07) is 4.06. The van der Waals surface area contributed by atoms with E-state index in [4.69, 9.17) is 9.47 Å². The van der Waals surface area contributed by atoms with Crippen LogP contribution in [0, 0.1) is 21.4 Å². The molecule has 1 aromatic rings. The van der Waals surface area contributed by atoms with Crippen LogP contribution in [0.5, 0.6) is 5.75 Å². The van der Waals surface area contributed by atoms with Gasteiger partial charge in [0, 0.05) is 12.1 Å². The second-order valence-electron chi connectivity index (χ2n) is 9.18. The molecule has 1 aromatic carbocycles. The zero-order valence-electron chi connectivity index (χ0n) is 18.1. The van der Waals surface area contributed by atoms with Gasteiger partial charge < -0.3 is 9.47 Å². The molecule has 0 aromatic heterocycles. The van der Waals surface area contributed by atoms with E-state index in [9.17, 15) is 19.7 Å². The molecule has 8 heteroatoms. The molecule has 0 N–H and O–H groups in total. The molecule has 1 unspecified atom stereocenters. The number of carbonyl (C=O) groups is 2. The number of amides is 1. The van der Waals surface area contributed by atoms with Crippen molar-refractivity contribution in [1.29, 1.82) is 0 Å². The van der Waals surface area contributed by atoms with Crippen LogP contribution < -0.4 is 9.64 Å². The zero-order chi connectivity index (χ0) is 22.1. The highest BCUT2D eigenvalue weighted by Crippen LogP contribution is 2.39. The lowest BCUT2D eigenvalue weighted by atomic mass is 9.72. The van der Waals surface area contributed by atoms with Gasteiger partial charge in [-0.15, -0.1) is 0 Å². The molecule has 1 aliphatic heterocycles. The number of esters is 1. The van der Waals surface area contributed by atoms with E-state index in [-0.39, 0.29) is 35.3 Å². The Morgan fingerprint density at radius 1 is 1.27 bits per heavy atom. The van der Waals surface area contributed by atoms with Crippen molar-refractivity contribution in [3.63, 3.8) is 0 Å². The highest BCUT2D eigenvalue weighted by molar-refractivity contribution is 6.03. The third kappa shape index (κ3) is 4.74. The van der Waals surface area contributed by atoms with Crippen molar-refractivity contribution >= 4 is 23.3 Å². The number of hydrogen-bond acceptors (Lipinski definition) is 6. The Bertz CT molecular complexity index is 823. The summed E-state index contributed by atoms with van der Waals surface area (Å²) in [6.45, 7) is 8.22. The van der Waals surface area contributed by atoms with Gasteiger partial charge in [-0.2, -0.15) is 0 Å². The van der Waals surface area contributed by atoms with Crippen LogP contribution >= 0.6 is 0 Å². The topological polar surface area (TPSA) is 99.0 Å². The van der Waals surface area contributed by atoms with Crippen molar-refractivity contribution in [2.24, 2.45) is 11.3 Å². The van der Waals surface area contributed by atoms with Gasteiger partial charge in [0.2, 0.25) is 0 Å². The minimum Gasteiger partial charge on any atom is -0.478 e. The van der Waals surface area contributed by atoms with E-state index in [1.165, 1.54) is 23.1 Å². The molecule has 8 nitrogen and oxygen atoms in total. The van der Waals surface area contributed by atoms with Crippen LogP contribution in [-0.4, -0.2) is 35.6 Å². The first-order valence-corrected chi connectivity index (χ1v) is 10.6. The lowest BCUT2D eigenvalue weighted by Crippen LogP contribution is -2.48. The van der Waals surface area contributed by atoms with Crippen LogP contribution in [0.4, 0.5) is 11.4 Å². The average Bonchev–Trinajstić information content (AvgIpc) is 2.69. The number of anilines is 1. The fraction of sp³-hybridized carbons (Fsp3) is 0.636. The predicted molar refractivity (Wildman–Crippen MR) is 111 cm³/mol. The molecule has 1 saturated carbocycles. The van der Waals surface area contributed by atoms with E-state index in [1.807, 2.05) is 6.92 Å². The zero-order valence-corrected chi connectivity index (χ0v) is 18.1. The Hall–Kier alpha value is -2.64. The third-order valence-corrected chi connectivity index (χ3v) is 6.11. The van der Waals surface area contributed by atoms with E-state index in [0.717, 1.165) is 25.7 Å². The number of fused-ring (bicyclic) bond motifs is 1. The highest BCUT2D eigenvalue weighted by Gasteiger charge is 2.37. The van der Waals surface area contributed by atoms with Crippen molar-refractivity contribution in [2.75, 3.05) is 11.4 Å². The first kappa shape index (κ1) is 22.1. The quantitative estimate of drug-likeness (QED) is 0.403. The molecule has 0 spiro atoms. The molecule has 164 valence electrons. The van der Waals surface area contributed by atoms with Gasteiger partial charge in [-0.25, -0.2) is 0 Å². The van der Waals surface area contributed by atoms with Gasteiger partial charge in [0.25, 0.3) is 11.6 Å². The van der Waals surface area contributed by atoms with Gasteiger partial charge in [-0.05, 0) is 49.5 Å². The van der Waals surface area contributed by atoms with E-state index in [1.54, 1.807) is 0 Å². The second-order valence-corrected chi connectivity index (χ2v) is 9.18. The number of ether oxygens (including phenoxy) is 2. The van der Waals surface area contributed by atoms with Crippen LogP contribution in [0.2, 0.25) is 0 Å². The van der Waals surface area contributed by atoms with Gasteiger partial charge in [0.15, 0.2) is 6.10 Å². The number of hydrogen-bond donors (Lipinski definition) is 0. The maximum atomic E-state index is 12.8. The Kier molecular flexibility index (Phi) is 6.33. The second kappa shape index (κ2) is 8.62. The summed E-state index contributed by atoms with van der Waals surface area (Å²) in [5.74, 6) is 0.0622. The van der Waals surface area contributed by atoms with Crippen LogP contribution in [0.1, 0.15) is 59.8 Å². The number of carbonyl (C=O) groups excluding carboxylic acids is 2. The molecule has 1 heterocycles. The lowest BCUT2D eigenvalue weighted by Gasteiger charge is -2.37. The SMILES string of the molecule is CCC1Oc2ccc([N+](=O)[O-])cc2N(CC(=O)OC2CCC(C(C)(C)C)CC2)C1=O. The standard InChI is InChI=1S/C22H30N2O6/c1-5-18-21(26)23(17-12-15(24(27)28)8-11-19(17)30-18)13-20(25)29-16-9-6-14(7-10-16)22(2,3)4/h8,11-12,14,16,18H,5-7,9-10,13H2,1-4H3. The van der Waals surface area contributed by atoms with Crippen LogP contribution in [0.15, 0.2) is 18.2 Å². The summed E-state index contributed by atoms with van der Waals surface area (Å²) in [6.07, 6.45) is 3.18. The van der Waals surface area contributed by atoms with Crippen molar-refractivity contribution in [3.05, 3.63) is 28.3 Å². The van der Waals surface area contributed by atoms with Crippen molar-refractivity contribution in [2.45, 2.75) is 72.0 Å². The third-order valence-electron chi connectivity index (χ3n) is 6.11. The normalized spacial score (nSPS) is 24.1. The van der Waals surface area contributed by atoms with Crippen molar-refractivity contribution in [3.8, 4) is 5.75 Å². The van der Waals surface area contributed by atoms with Crippen LogP contribution in [0.3, 0.4) is 0 Å². The number of non-ortho nitro benzene ring substituents is 1. The highest BCUT2D eigenvalue weighted by atomic mass is 16.6. The number of benzene rings is 1. The molecule has 1 fully saturated rings. The molecule has 30 heavy (non-hydrogen) atoms. The molecular weight excluding hydrogens is 388 g/mol. The van der Waals surface area contributed by atoms with Crippen LogP contribution in [-0.2, 0) is 14.3 Å². The molecule has 0 saturated heterocycles. The Morgan fingerprint density at radius 2 is 1.93 bits per heavy atom. The van der Waals surface area contributed by atoms with E-state index >= 15 is 0 Å². The fourth-order valence-electron chi connectivity index (χ4n) is 4.25. The van der Waals surface area contributed by atoms with Gasteiger partial charge in [0.05, 0.1) is 10.6 Å². The molecule has 0 bridgehead atoms. The monoisotopic (exact) mass is 418 g/mol. The smallest absolute Gasteiger partial charge is 0.326 e. The maximum absolute atomic E-state index is 12.8. The largest absolute Gasteiger partial charge is 0.478 e. The predicted octanol–water partition coefficient (Wildman–Crippen LogP) is 4.25. The van der Waals surface area contributed by atoms with Crippen molar-refractivity contribution < 1.29 is 24.0 Å².